The number of hydrogen-bond donors (Lipinski definition) is 0. The maximum absolute atomic E-state index is 12.8. The average Bonchev–Trinajstić information content (AvgIpc) is 2.85. The van der Waals surface area contributed by atoms with Crippen LogP contribution in [0.5, 0.6) is 0 Å². The standard InChI is InChI=1S/C15H12BrClN4O/c1-8(2)21-7-12(11-6-19-15(17)20-14(11)21)13(22)9-3-10(16)5-18-4-9/h3-8H,1-2H3. The highest BCUT2D eigenvalue weighted by atomic mass is 79.9. The van der Waals surface area contributed by atoms with E-state index in [1.54, 1.807) is 30.9 Å². The molecule has 5 nitrogen and oxygen atoms in total. The Morgan fingerprint density at radius 2 is 2.09 bits per heavy atom. The van der Waals surface area contributed by atoms with E-state index < -0.39 is 0 Å². The zero-order chi connectivity index (χ0) is 15.9. The molecule has 0 fully saturated rings. The highest BCUT2D eigenvalue weighted by molar-refractivity contribution is 9.10. The van der Waals surface area contributed by atoms with Crippen LogP contribution < -0.4 is 0 Å². The quantitative estimate of drug-likeness (QED) is 0.509. The summed E-state index contributed by atoms with van der Waals surface area (Å²) in [5.41, 5.74) is 1.70. The van der Waals surface area contributed by atoms with Crippen LogP contribution in [-0.2, 0) is 0 Å². The van der Waals surface area contributed by atoms with Crippen molar-refractivity contribution in [2.24, 2.45) is 0 Å². The second-order valence-corrected chi connectivity index (χ2v) is 6.39. The van der Waals surface area contributed by atoms with Crippen LogP contribution in [0.4, 0.5) is 0 Å². The fourth-order valence-electron chi connectivity index (χ4n) is 2.27. The van der Waals surface area contributed by atoms with Crippen molar-refractivity contribution in [3.8, 4) is 0 Å². The lowest BCUT2D eigenvalue weighted by Gasteiger charge is -2.07. The van der Waals surface area contributed by atoms with Gasteiger partial charge in [0.05, 0.1) is 5.56 Å². The van der Waals surface area contributed by atoms with E-state index >= 15 is 0 Å². The highest BCUT2D eigenvalue weighted by Crippen LogP contribution is 2.26. The highest BCUT2D eigenvalue weighted by Gasteiger charge is 2.20. The van der Waals surface area contributed by atoms with Crippen LogP contribution in [0.15, 0.2) is 35.3 Å². The van der Waals surface area contributed by atoms with E-state index in [-0.39, 0.29) is 17.1 Å². The predicted octanol–water partition coefficient (Wildman–Crippen LogP) is 4.05. The number of ketones is 1. The van der Waals surface area contributed by atoms with Gasteiger partial charge in [0.25, 0.3) is 0 Å². The van der Waals surface area contributed by atoms with Crippen molar-refractivity contribution >= 4 is 44.3 Å². The van der Waals surface area contributed by atoms with E-state index in [1.807, 2.05) is 18.4 Å². The molecule has 3 heterocycles. The minimum Gasteiger partial charge on any atom is -0.329 e. The van der Waals surface area contributed by atoms with Gasteiger partial charge in [0.2, 0.25) is 5.28 Å². The van der Waals surface area contributed by atoms with Gasteiger partial charge in [-0.2, -0.15) is 4.98 Å². The molecule has 0 radical (unpaired) electrons. The number of fused-ring (bicyclic) bond motifs is 1. The SMILES string of the molecule is CC(C)n1cc(C(=O)c2cncc(Br)c2)c2cnc(Cl)nc21. The second kappa shape index (κ2) is 5.78. The molecule has 0 unspecified atom stereocenters. The normalized spacial score (nSPS) is 11.3. The Kier molecular flexibility index (Phi) is 3.97. The third-order valence-electron chi connectivity index (χ3n) is 3.31. The predicted molar refractivity (Wildman–Crippen MR) is 88.3 cm³/mol. The van der Waals surface area contributed by atoms with Crippen molar-refractivity contribution in [3.63, 3.8) is 0 Å². The number of rotatable bonds is 3. The van der Waals surface area contributed by atoms with Crippen LogP contribution in [0, 0.1) is 0 Å². The van der Waals surface area contributed by atoms with Gasteiger partial charge in [-0.05, 0) is 47.4 Å². The number of carbonyl (C=O) groups is 1. The van der Waals surface area contributed by atoms with Gasteiger partial charge in [-0.3, -0.25) is 9.78 Å². The van der Waals surface area contributed by atoms with Gasteiger partial charge in [-0.15, -0.1) is 0 Å². The largest absolute Gasteiger partial charge is 0.329 e. The van der Waals surface area contributed by atoms with E-state index in [2.05, 4.69) is 30.9 Å². The maximum Gasteiger partial charge on any atom is 0.224 e. The zero-order valence-electron chi connectivity index (χ0n) is 11.9. The Morgan fingerprint density at radius 3 is 2.77 bits per heavy atom. The first-order valence-electron chi connectivity index (χ1n) is 6.65. The molecule has 0 aromatic carbocycles. The van der Waals surface area contributed by atoms with Crippen LogP contribution in [0.3, 0.4) is 0 Å². The Morgan fingerprint density at radius 1 is 1.32 bits per heavy atom. The molecule has 0 N–H and O–H groups in total. The smallest absolute Gasteiger partial charge is 0.224 e. The summed E-state index contributed by atoms with van der Waals surface area (Å²) in [7, 11) is 0. The molecule has 3 aromatic heterocycles. The third-order valence-corrected chi connectivity index (χ3v) is 3.93. The zero-order valence-corrected chi connectivity index (χ0v) is 14.3. The maximum atomic E-state index is 12.8. The summed E-state index contributed by atoms with van der Waals surface area (Å²) in [6, 6.07) is 1.89. The van der Waals surface area contributed by atoms with Crippen molar-refractivity contribution in [2.45, 2.75) is 19.9 Å². The summed E-state index contributed by atoms with van der Waals surface area (Å²) < 4.78 is 2.67. The van der Waals surface area contributed by atoms with Gasteiger partial charge >= 0.3 is 0 Å². The minimum atomic E-state index is -0.121. The monoisotopic (exact) mass is 378 g/mol. The molecule has 0 saturated carbocycles. The molecule has 0 aliphatic carbocycles. The summed E-state index contributed by atoms with van der Waals surface area (Å²) in [6.45, 7) is 4.04. The van der Waals surface area contributed by atoms with Crippen molar-refractivity contribution < 1.29 is 4.79 Å². The Balaban J connectivity index is 2.21. The van der Waals surface area contributed by atoms with Gasteiger partial charge < -0.3 is 4.57 Å². The molecular weight excluding hydrogens is 368 g/mol. The van der Waals surface area contributed by atoms with Crippen LogP contribution in [-0.4, -0.2) is 25.3 Å². The minimum absolute atomic E-state index is 0.121. The lowest BCUT2D eigenvalue weighted by molar-refractivity contribution is 0.103. The van der Waals surface area contributed by atoms with Crippen molar-refractivity contribution in [1.29, 1.82) is 0 Å². The van der Waals surface area contributed by atoms with Crippen molar-refractivity contribution in [1.82, 2.24) is 19.5 Å². The van der Waals surface area contributed by atoms with Crippen LogP contribution in [0.25, 0.3) is 11.0 Å². The molecule has 0 amide bonds. The summed E-state index contributed by atoms with van der Waals surface area (Å²) >= 11 is 9.21. The molecular formula is C15H12BrClN4O. The summed E-state index contributed by atoms with van der Waals surface area (Å²) in [5, 5.41) is 0.846. The average molecular weight is 380 g/mol. The summed E-state index contributed by atoms with van der Waals surface area (Å²) in [5.74, 6) is -0.121. The summed E-state index contributed by atoms with van der Waals surface area (Å²) in [6.07, 6.45) is 6.56. The first kappa shape index (κ1) is 15.1. The molecule has 0 saturated heterocycles. The number of nitrogens with zero attached hydrogens (tertiary/aromatic N) is 4. The van der Waals surface area contributed by atoms with Crippen LogP contribution in [0.2, 0.25) is 5.28 Å². The molecule has 7 heteroatoms. The number of halogens is 2. The molecule has 3 rings (SSSR count). The Hall–Kier alpha value is -1.79. The second-order valence-electron chi connectivity index (χ2n) is 5.14. The lowest BCUT2D eigenvalue weighted by Crippen LogP contribution is -2.02. The molecule has 0 atom stereocenters. The molecule has 0 spiro atoms. The van der Waals surface area contributed by atoms with Crippen molar-refractivity contribution in [3.05, 3.63) is 51.7 Å². The Bertz CT molecular complexity index is 875. The lowest BCUT2D eigenvalue weighted by atomic mass is 10.1. The first-order chi connectivity index (χ1) is 10.5. The van der Waals surface area contributed by atoms with Gasteiger partial charge in [-0.1, -0.05) is 0 Å². The van der Waals surface area contributed by atoms with Crippen LogP contribution >= 0.6 is 27.5 Å². The molecule has 22 heavy (non-hydrogen) atoms. The van der Waals surface area contributed by atoms with E-state index in [0.29, 0.717) is 22.2 Å². The topological polar surface area (TPSA) is 60.7 Å². The number of aromatic nitrogens is 4. The van der Waals surface area contributed by atoms with Gasteiger partial charge in [0, 0.05) is 46.3 Å². The van der Waals surface area contributed by atoms with Crippen LogP contribution in [0.1, 0.15) is 35.8 Å². The fourth-order valence-corrected chi connectivity index (χ4v) is 2.77. The number of carbonyl (C=O) groups excluding carboxylic acids is 1. The molecule has 3 aromatic rings. The van der Waals surface area contributed by atoms with Crippen molar-refractivity contribution in [2.75, 3.05) is 0 Å². The Labute approximate surface area is 140 Å². The molecule has 0 aliphatic heterocycles. The third kappa shape index (κ3) is 2.64. The van der Waals surface area contributed by atoms with Gasteiger partial charge in [0.15, 0.2) is 5.78 Å². The van der Waals surface area contributed by atoms with Gasteiger partial charge in [0.1, 0.15) is 5.65 Å². The first-order valence-corrected chi connectivity index (χ1v) is 7.83. The molecule has 0 bridgehead atoms. The summed E-state index contributed by atoms with van der Waals surface area (Å²) in [4.78, 5) is 25.1. The van der Waals surface area contributed by atoms with E-state index in [9.17, 15) is 4.79 Å². The van der Waals surface area contributed by atoms with E-state index in [1.165, 1.54) is 0 Å². The molecule has 0 aliphatic rings. The molecule has 112 valence electrons. The van der Waals surface area contributed by atoms with E-state index in [4.69, 9.17) is 11.6 Å². The fraction of sp³-hybridized carbons (Fsp3) is 0.200. The number of pyridine rings is 1. The number of hydrogen-bond acceptors (Lipinski definition) is 4. The van der Waals surface area contributed by atoms with E-state index in [0.717, 1.165) is 4.47 Å². The van der Waals surface area contributed by atoms with Gasteiger partial charge in [-0.25, -0.2) is 4.98 Å².